The van der Waals surface area contributed by atoms with Gasteiger partial charge in [-0.1, -0.05) is 20.8 Å². The summed E-state index contributed by atoms with van der Waals surface area (Å²) < 4.78 is 0. The Balaban J connectivity index is -0.0000000164. The van der Waals surface area contributed by atoms with Crippen LogP contribution in [0.25, 0.3) is 0 Å². The minimum atomic E-state index is -0.278. The number of rotatable bonds is 3. The molecule has 0 aromatic carbocycles. The van der Waals surface area contributed by atoms with Crippen molar-refractivity contribution >= 4 is 132 Å². The first kappa shape index (κ1) is 63.7. The number of hydrogen-bond acceptors (Lipinski definition) is 3. The van der Waals surface area contributed by atoms with Crippen LogP contribution < -0.4 is 0 Å². The van der Waals surface area contributed by atoms with E-state index < -0.39 is 0 Å². The Morgan fingerprint density at radius 1 is 1.00 bits per heavy atom. The average molecular weight is 1490 g/mol. The van der Waals surface area contributed by atoms with Crippen LogP contribution in [0.1, 0.15) is 27.2 Å². The van der Waals surface area contributed by atoms with Crippen molar-refractivity contribution in [3.8, 4) is 0 Å². The molecule has 2 atom stereocenters. The summed E-state index contributed by atoms with van der Waals surface area (Å²) in [4.78, 5) is 15.6. The molecule has 0 aromatic rings. The Morgan fingerprint density at radius 3 is 1.26 bits per heavy atom. The third-order valence-electron chi connectivity index (χ3n) is 0.861. The van der Waals surface area contributed by atoms with E-state index in [1.165, 1.54) is 0 Å². The van der Waals surface area contributed by atoms with Crippen LogP contribution in [0.2, 0.25) is 0 Å². The molecule has 15 heteroatoms. The van der Waals surface area contributed by atoms with E-state index in [2.05, 4.69) is 121 Å². The molecule has 4 radical (unpaired) electrons. The molecule has 0 bridgehead atoms. The number of aldehydes is 1. The minimum Gasteiger partial charge on any atom is -0.457 e. The van der Waals surface area contributed by atoms with E-state index in [1.54, 1.807) is 19.4 Å². The second-order valence-corrected chi connectivity index (χ2v) is 38.7. The van der Waals surface area contributed by atoms with Gasteiger partial charge in [0.05, 0.1) is 6.29 Å². The van der Waals surface area contributed by atoms with Gasteiger partial charge in [-0.25, -0.2) is 0 Å². The molecule has 0 saturated heterocycles. The fourth-order valence-corrected chi connectivity index (χ4v) is 0.252. The molecule has 0 aliphatic rings. The van der Waals surface area contributed by atoms with Crippen LogP contribution >= 0.6 is 97.2 Å². The van der Waals surface area contributed by atoms with Gasteiger partial charge in [0.2, 0.25) is 0 Å². The van der Waals surface area contributed by atoms with Crippen LogP contribution in [0.15, 0.2) is 9.81 Å². The van der Waals surface area contributed by atoms with Gasteiger partial charge < -0.3 is 41.4 Å². The number of nitrogens with zero attached hydrogens (tertiary/aromatic N) is 2. The van der Waals surface area contributed by atoms with Gasteiger partial charge in [0, 0.05) is 100 Å². The largest absolute Gasteiger partial charge is 0.457 e. The van der Waals surface area contributed by atoms with Crippen LogP contribution in [0, 0.1) is 33.1 Å². The topological polar surface area (TPSA) is 74.8 Å². The molecule has 162 valence electrons. The first-order valence-electron chi connectivity index (χ1n) is 5.67. The molecule has 0 spiro atoms. The van der Waals surface area contributed by atoms with E-state index in [4.69, 9.17) is 16.0 Å². The van der Waals surface area contributed by atoms with Crippen molar-refractivity contribution in [3.63, 3.8) is 0 Å². The van der Waals surface area contributed by atoms with Crippen molar-refractivity contribution in [2.75, 3.05) is 0 Å². The SMILES string of the molecule is II.[B]N=CC([CH2-])C.[B]N=CCC.[CH2-]C(C)C=O.[CH3-].[I][V]([I])[I].[OH3+].[W].[W].[W]. The molecule has 0 amide bonds. The molecule has 0 aliphatic heterocycles. The van der Waals surface area contributed by atoms with E-state index in [1.807, 2.05) is 13.8 Å². The Hall–Kier alpha value is 5.40. The van der Waals surface area contributed by atoms with Gasteiger partial charge in [0.25, 0.3) is 16.0 Å². The first-order valence-corrected chi connectivity index (χ1v) is 25.5. The van der Waals surface area contributed by atoms with Gasteiger partial charge in [0.15, 0.2) is 0 Å². The summed E-state index contributed by atoms with van der Waals surface area (Å²) in [5.74, 6) is 0.185. The Kier molecular flexibility index (Phi) is 164. The van der Waals surface area contributed by atoms with E-state index >= 15 is 0 Å². The molecular formula is C12H26B2I5N2O2VW3-2. The summed E-state index contributed by atoms with van der Waals surface area (Å²) in [6.45, 7) is 12.6. The van der Waals surface area contributed by atoms with Crippen molar-refractivity contribution in [1.29, 1.82) is 0 Å². The van der Waals surface area contributed by atoms with Gasteiger partial charge in [-0.3, -0.25) is 0 Å². The zero-order valence-electron chi connectivity index (χ0n) is 15.6. The molecule has 4 nitrogen and oxygen atoms in total. The number of hydrogen-bond donors (Lipinski definition) is 0. The average Bonchev–Trinajstić information content (AvgIpc) is 2.42. The van der Waals surface area contributed by atoms with E-state index in [-0.39, 0.29) is 92.9 Å². The third kappa shape index (κ3) is 177. The standard InChI is InChI=1S/C4H7BN.C4H7O.C3H6BN.CH3.I2.3HI.H2O.V.3W/c1-4(2)3-6-5;1-4(2)3-5;1-2-3-5-4;;1-2;;;;;;;;/h3-4H,1H2,2H3;3-4H,1H2,2H3;3H,2H2,1H3;1H3;;3*1H;1H2;;;;/q2*-1;;-1;;;;;;+3;;;/p-2. The summed E-state index contributed by atoms with van der Waals surface area (Å²) in [5, 5.41) is 0. The predicted octanol–water partition coefficient (Wildman–Crippen LogP) is 5.76. The minimum absolute atomic E-state index is 0. The van der Waals surface area contributed by atoms with Crippen molar-refractivity contribution in [1.82, 2.24) is 0 Å². The monoisotopic (exact) mass is 1490 g/mol. The van der Waals surface area contributed by atoms with E-state index in [9.17, 15) is 4.79 Å². The maximum absolute atomic E-state index is 9.44. The molecule has 2 unspecified atom stereocenters. The molecule has 0 heterocycles. The molecular weight excluding hydrogens is 1460 g/mol. The molecule has 0 aromatic heterocycles. The molecule has 0 saturated carbocycles. The Labute approximate surface area is 274 Å². The second-order valence-electron chi connectivity index (χ2n) is 3.32. The van der Waals surface area contributed by atoms with Gasteiger partial charge >= 0.3 is 64.9 Å². The van der Waals surface area contributed by atoms with E-state index in [0.29, 0.717) is 0 Å². The quantitative estimate of drug-likeness (QED) is 0.0886. The third-order valence-corrected chi connectivity index (χ3v) is 0.861. The van der Waals surface area contributed by atoms with E-state index in [0.717, 1.165) is 12.7 Å². The Bertz CT molecular complexity index is 252. The van der Waals surface area contributed by atoms with Crippen molar-refractivity contribution in [3.05, 3.63) is 21.3 Å². The summed E-state index contributed by atoms with van der Waals surface area (Å²) in [6, 6.07) is 0. The summed E-state index contributed by atoms with van der Waals surface area (Å²) in [6.07, 6.45) is 4.97. The molecule has 0 fully saturated rings. The summed E-state index contributed by atoms with van der Waals surface area (Å²) in [7, 11) is 9.47. The fraction of sp³-hybridized carbons (Fsp3) is 0.500. The summed E-state index contributed by atoms with van der Waals surface area (Å²) >= 11 is 11.6. The maximum atomic E-state index is 9.44. The van der Waals surface area contributed by atoms with Gasteiger partial charge in [-0.2, -0.15) is 0 Å². The zero-order chi connectivity index (χ0) is 19.0. The second kappa shape index (κ2) is 69.7. The smallest absolute Gasteiger partial charge is 0 e. The van der Waals surface area contributed by atoms with Crippen LogP contribution in [-0.2, 0) is 78.4 Å². The normalized spacial score (nSPS) is 9.44. The van der Waals surface area contributed by atoms with Crippen LogP contribution in [-0.4, -0.2) is 34.7 Å². The predicted molar refractivity (Wildman–Crippen MR) is 155 cm³/mol. The van der Waals surface area contributed by atoms with Gasteiger partial charge in [-0.15, -0.1) is 11.8 Å². The number of carbonyl (C=O) groups excluding carboxylic acids is 1. The molecule has 0 aliphatic carbocycles. The Morgan fingerprint density at radius 2 is 1.26 bits per heavy atom. The van der Waals surface area contributed by atoms with Crippen molar-refractivity contribution in [2.24, 2.45) is 21.6 Å². The molecule has 3 N–H and O–H groups in total. The van der Waals surface area contributed by atoms with Gasteiger partial charge in [-0.05, 0) is 18.9 Å². The number of halogens is 5. The van der Waals surface area contributed by atoms with Crippen molar-refractivity contribution in [2.45, 2.75) is 27.2 Å². The van der Waals surface area contributed by atoms with Crippen LogP contribution in [0.5, 0.6) is 0 Å². The summed E-state index contributed by atoms with van der Waals surface area (Å²) in [5.41, 5.74) is 0. The zero-order valence-corrected chi connectivity index (χ0v) is 36.6. The first-order chi connectivity index (χ1) is 10.2. The fourth-order valence-electron chi connectivity index (χ4n) is 0.252. The van der Waals surface area contributed by atoms with Gasteiger partial charge in [0.1, 0.15) is 0 Å². The maximum Gasteiger partial charge on any atom is 0 e. The number of carbonyl (C=O) groups is 1. The molecule has 27 heavy (non-hydrogen) atoms. The van der Waals surface area contributed by atoms with Crippen LogP contribution in [0.3, 0.4) is 0 Å². The molecule has 0 rings (SSSR count). The van der Waals surface area contributed by atoms with Crippen molar-refractivity contribution < 1.29 is 78.4 Å². The van der Waals surface area contributed by atoms with Crippen LogP contribution in [0.4, 0.5) is 0 Å².